The Morgan fingerprint density at radius 3 is 2.28 bits per heavy atom. The van der Waals surface area contributed by atoms with Crippen LogP contribution in [0.2, 0.25) is 0 Å². The maximum absolute atomic E-state index is 13.8. The summed E-state index contributed by atoms with van der Waals surface area (Å²) < 4.78 is 34.3. The summed E-state index contributed by atoms with van der Waals surface area (Å²) in [6.45, 7) is 8.36. The molecular weight excluding hydrogens is 568 g/mol. The lowest BCUT2D eigenvalue weighted by molar-refractivity contribution is -0.142. The van der Waals surface area contributed by atoms with Crippen LogP contribution in [0, 0.1) is 0 Å². The molecule has 0 spiro atoms. The molecule has 1 aliphatic rings. The summed E-state index contributed by atoms with van der Waals surface area (Å²) in [7, 11) is -4.04. The van der Waals surface area contributed by atoms with Gasteiger partial charge in [0.05, 0.1) is 12.2 Å². The van der Waals surface area contributed by atoms with E-state index in [4.69, 9.17) is 9.57 Å². The number of hydrogen-bond donors (Lipinski definition) is 0. The minimum atomic E-state index is -4.04. The number of hydroxylamine groups is 1. The Morgan fingerprint density at radius 1 is 0.977 bits per heavy atom. The Hall–Kier alpha value is -3.83. The molecule has 0 unspecified atom stereocenters. The van der Waals surface area contributed by atoms with Gasteiger partial charge in [-0.05, 0) is 80.8 Å². The molecule has 2 heterocycles. The van der Waals surface area contributed by atoms with Gasteiger partial charge in [-0.3, -0.25) is 0 Å². The summed E-state index contributed by atoms with van der Waals surface area (Å²) in [5.74, 6) is -0.771. The average Bonchev–Trinajstić information content (AvgIpc) is 3.75. The number of pyridine rings is 2. The number of amides is 1. The summed E-state index contributed by atoms with van der Waals surface area (Å²) >= 11 is 0. The van der Waals surface area contributed by atoms with E-state index in [9.17, 15) is 18.0 Å². The number of carbonyl (C=O) groups is 2. The van der Waals surface area contributed by atoms with Crippen LogP contribution in [-0.4, -0.2) is 40.4 Å². The van der Waals surface area contributed by atoms with Crippen LogP contribution in [0.3, 0.4) is 0 Å². The molecule has 0 saturated heterocycles. The van der Waals surface area contributed by atoms with Crippen molar-refractivity contribution in [2.75, 3.05) is 5.06 Å². The second-order valence-electron chi connectivity index (χ2n) is 11.9. The van der Waals surface area contributed by atoms with Crippen LogP contribution in [0.1, 0.15) is 83.5 Å². The van der Waals surface area contributed by atoms with Gasteiger partial charge in [-0.25, -0.2) is 28.0 Å². The number of benzene rings is 1. The second kappa shape index (κ2) is 13.2. The van der Waals surface area contributed by atoms with E-state index < -0.39 is 27.7 Å². The van der Waals surface area contributed by atoms with Crippen LogP contribution < -0.4 is 5.06 Å². The normalized spacial score (nSPS) is 14.3. The van der Waals surface area contributed by atoms with Gasteiger partial charge >= 0.3 is 12.1 Å². The molecule has 230 valence electrons. The summed E-state index contributed by atoms with van der Waals surface area (Å²) in [4.78, 5) is 38.3. The van der Waals surface area contributed by atoms with E-state index in [1.54, 1.807) is 45.0 Å². The van der Waals surface area contributed by atoms with E-state index in [2.05, 4.69) is 29.0 Å². The number of hydrogen-bond acceptors (Lipinski definition) is 8. The highest BCUT2D eigenvalue weighted by molar-refractivity contribution is 7.89. The molecule has 43 heavy (non-hydrogen) atoms. The van der Waals surface area contributed by atoms with Gasteiger partial charge in [0.2, 0.25) is 0 Å². The van der Waals surface area contributed by atoms with Crippen LogP contribution in [0.4, 0.5) is 10.6 Å². The summed E-state index contributed by atoms with van der Waals surface area (Å²) in [5, 5.41) is 0.578. The van der Waals surface area contributed by atoms with E-state index >= 15 is 0 Å². The maximum atomic E-state index is 13.8. The largest absolute Gasteiger partial charge is 0.450 e. The average molecular weight is 609 g/mol. The van der Waals surface area contributed by atoms with E-state index in [1.807, 2.05) is 12.1 Å². The number of ether oxygens (including phenoxy) is 1. The lowest BCUT2D eigenvalue weighted by atomic mass is 9.90. The zero-order valence-corrected chi connectivity index (χ0v) is 26.3. The highest BCUT2D eigenvalue weighted by Crippen LogP contribution is 2.52. The van der Waals surface area contributed by atoms with Crippen LogP contribution in [0.25, 0.3) is 0 Å². The smallest absolute Gasteiger partial charge is 0.441 e. The Bertz CT molecular complexity index is 1520. The number of aromatic nitrogens is 2. The van der Waals surface area contributed by atoms with Gasteiger partial charge in [0.1, 0.15) is 5.60 Å². The van der Waals surface area contributed by atoms with Crippen molar-refractivity contribution in [1.82, 2.24) is 14.3 Å². The fourth-order valence-electron chi connectivity index (χ4n) is 4.83. The van der Waals surface area contributed by atoms with Gasteiger partial charge < -0.3 is 9.57 Å². The molecule has 1 fully saturated rings. The molecule has 4 rings (SSSR count). The minimum absolute atomic E-state index is 0.0247. The van der Waals surface area contributed by atoms with E-state index in [1.165, 1.54) is 53.9 Å². The van der Waals surface area contributed by atoms with Gasteiger partial charge in [0.15, 0.2) is 10.8 Å². The van der Waals surface area contributed by atoms with Crippen LogP contribution in [-0.2, 0) is 42.9 Å². The number of rotatable bonds is 11. The molecule has 0 bridgehead atoms. The predicted molar refractivity (Wildman–Crippen MR) is 162 cm³/mol. The van der Waals surface area contributed by atoms with Crippen LogP contribution in [0.5, 0.6) is 0 Å². The number of carbonyl (C=O) groups excluding carboxylic acids is 2. The SMILES string of the molecule is CCCCC1(c2ccc(CN(Cc3cccc(N(OC(C)=O)C(=O)OC(C)(C)C)n3)S(=O)(=O)c3ccccn3)cc2)CC1. The predicted octanol–water partition coefficient (Wildman–Crippen LogP) is 6.31. The lowest BCUT2D eigenvalue weighted by Crippen LogP contribution is -2.38. The van der Waals surface area contributed by atoms with Crippen molar-refractivity contribution < 1.29 is 27.6 Å². The molecule has 0 atom stereocenters. The van der Waals surface area contributed by atoms with Gasteiger partial charge in [0, 0.05) is 19.7 Å². The third-order valence-electron chi connectivity index (χ3n) is 7.15. The molecule has 11 heteroatoms. The fraction of sp³-hybridized carbons (Fsp3) is 0.438. The van der Waals surface area contributed by atoms with Crippen LogP contribution >= 0.6 is 0 Å². The zero-order chi connectivity index (χ0) is 31.3. The topological polar surface area (TPSA) is 119 Å². The minimum Gasteiger partial charge on any atom is -0.441 e. The van der Waals surface area contributed by atoms with Gasteiger partial charge in [0.25, 0.3) is 10.0 Å². The van der Waals surface area contributed by atoms with E-state index in [0.717, 1.165) is 18.9 Å². The van der Waals surface area contributed by atoms with Gasteiger partial charge in [-0.2, -0.15) is 4.31 Å². The third kappa shape index (κ3) is 8.39. The highest BCUT2D eigenvalue weighted by Gasteiger charge is 2.43. The third-order valence-corrected chi connectivity index (χ3v) is 8.86. The Balaban J connectivity index is 1.63. The van der Waals surface area contributed by atoms with Crippen LogP contribution in [0.15, 0.2) is 71.9 Å². The molecule has 0 aliphatic heterocycles. The molecule has 1 saturated carbocycles. The van der Waals surface area contributed by atoms with Crippen molar-refractivity contribution in [3.8, 4) is 0 Å². The lowest BCUT2D eigenvalue weighted by Gasteiger charge is -2.26. The van der Waals surface area contributed by atoms with Crippen molar-refractivity contribution in [1.29, 1.82) is 0 Å². The summed E-state index contributed by atoms with van der Waals surface area (Å²) in [6, 6.07) is 17.6. The number of unbranched alkanes of at least 4 members (excludes halogenated alkanes) is 1. The van der Waals surface area contributed by atoms with E-state index in [0.29, 0.717) is 10.8 Å². The van der Waals surface area contributed by atoms with Crippen molar-refractivity contribution in [3.63, 3.8) is 0 Å². The monoisotopic (exact) mass is 608 g/mol. The first kappa shape index (κ1) is 32.1. The molecular formula is C32H40N4O6S. The van der Waals surface area contributed by atoms with Crippen molar-refractivity contribution in [3.05, 3.63) is 83.7 Å². The second-order valence-corrected chi connectivity index (χ2v) is 13.8. The number of nitrogens with zero attached hydrogens (tertiary/aromatic N) is 4. The molecule has 10 nitrogen and oxygen atoms in total. The molecule has 3 aromatic rings. The summed E-state index contributed by atoms with van der Waals surface area (Å²) in [6.07, 6.45) is 6.38. The first-order valence-corrected chi connectivity index (χ1v) is 16.0. The van der Waals surface area contributed by atoms with Crippen molar-refractivity contribution in [2.45, 2.75) is 95.9 Å². The molecule has 0 N–H and O–H groups in total. The number of sulfonamides is 1. The van der Waals surface area contributed by atoms with Gasteiger partial charge in [-0.15, -0.1) is 0 Å². The highest BCUT2D eigenvalue weighted by atomic mass is 32.2. The Labute approximate surface area is 254 Å². The van der Waals surface area contributed by atoms with Crippen molar-refractivity contribution in [2.24, 2.45) is 0 Å². The molecule has 2 aromatic heterocycles. The van der Waals surface area contributed by atoms with E-state index in [-0.39, 0.29) is 29.3 Å². The quantitative estimate of drug-likeness (QED) is 0.232. The maximum Gasteiger partial charge on any atom is 0.450 e. The van der Waals surface area contributed by atoms with Crippen molar-refractivity contribution >= 4 is 27.9 Å². The Kier molecular flexibility index (Phi) is 9.86. The number of anilines is 1. The first-order chi connectivity index (χ1) is 20.3. The Morgan fingerprint density at radius 2 is 1.70 bits per heavy atom. The molecule has 1 amide bonds. The molecule has 1 aromatic carbocycles. The van der Waals surface area contributed by atoms with Gasteiger partial charge in [-0.1, -0.05) is 61.2 Å². The first-order valence-electron chi connectivity index (χ1n) is 14.5. The summed E-state index contributed by atoms with van der Waals surface area (Å²) in [5.41, 5.74) is 1.84. The fourth-order valence-corrected chi connectivity index (χ4v) is 6.16. The molecule has 1 aliphatic carbocycles. The zero-order valence-electron chi connectivity index (χ0n) is 25.4. The molecule has 0 radical (unpaired) electrons. The standard InChI is InChI=1S/C32H40N4O6S/c1-6-7-18-32(19-20-32)26-16-14-25(15-17-26)22-35(43(39,40)29-13-8-9-21-33-29)23-27-11-10-12-28(34-27)36(42-24(2)37)30(38)41-31(3,4)5/h8-17,21H,6-7,18-20,22-23H2,1-5H3.